The maximum absolute atomic E-state index is 4.99. The summed E-state index contributed by atoms with van der Waals surface area (Å²) in [5, 5.41) is 2.19. The third kappa shape index (κ3) is 4.19. The molecule has 3 aromatic heterocycles. The highest BCUT2D eigenvalue weighted by Crippen LogP contribution is 2.31. The molecular formula is C27H21Br2N3. The van der Waals surface area contributed by atoms with E-state index in [1.165, 1.54) is 5.56 Å². The summed E-state index contributed by atoms with van der Waals surface area (Å²) in [6.45, 7) is 6.64. The number of rotatable bonds is 2. The first-order chi connectivity index (χ1) is 15.3. The Morgan fingerprint density at radius 2 is 1.00 bits per heavy atom. The Hall–Kier alpha value is -2.63. The predicted octanol–water partition coefficient (Wildman–Crippen LogP) is 8.33. The van der Waals surface area contributed by atoms with Crippen molar-refractivity contribution in [1.82, 2.24) is 15.0 Å². The summed E-state index contributed by atoms with van der Waals surface area (Å²) in [5.74, 6) is 0. The van der Waals surface area contributed by atoms with Crippen molar-refractivity contribution in [2.45, 2.75) is 26.2 Å². The molecule has 0 aliphatic heterocycles. The molecule has 158 valence electrons. The lowest BCUT2D eigenvalue weighted by Crippen LogP contribution is -2.12. The molecule has 0 saturated heterocycles. The Kier molecular flexibility index (Phi) is 5.34. The minimum atomic E-state index is -0.0319. The molecule has 0 spiro atoms. The third-order valence-corrected chi connectivity index (χ3v) is 6.51. The van der Waals surface area contributed by atoms with E-state index < -0.39 is 0 Å². The maximum atomic E-state index is 4.99. The van der Waals surface area contributed by atoms with Gasteiger partial charge >= 0.3 is 0 Å². The van der Waals surface area contributed by atoms with E-state index >= 15 is 0 Å². The van der Waals surface area contributed by atoms with Gasteiger partial charge in [-0.3, -0.25) is 0 Å². The van der Waals surface area contributed by atoms with E-state index in [4.69, 9.17) is 15.0 Å². The second kappa shape index (κ2) is 8.05. The van der Waals surface area contributed by atoms with Gasteiger partial charge in [-0.2, -0.15) is 0 Å². The Balaban J connectivity index is 1.68. The van der Waals surface area contributed by atoms with Crippen LogP contribution in [0.1, 0.15) is 26.3 Å². The van der Waals surface area contributed by atoms with Crippen LogP contribution in [0, 0.1) is 0 Å². The van der Waals surface area contributed by atoms with Crippen LogP contribution in [-0.2, 0) is 5.41 Å². The van der Waals surface area contributed by atoms with Crippen molar-refractivity contribution in [2.75, 3.05) is 0 Å². The van der Waals surface area contributed by atoms with Gasteiger partial charge in [-0.15, -0.1) is 0 Å². The van der Waals surface area contributed by atoms with Gasteiger partial charge in [-0.25, -0.2) is 15.0 Å². The molecule has 5 heteroatoms. The molecule has 5 rings (SSSR count). The van der Waals surface area contributed by atoms with Crippen molar-refractivity contribution < 1.29 is 0 Å². The van der Waals surface area contributed by atoms with Gasteiger partial charge in [0.2, 0.25) is 0 Å². The number of halogens is 2. The molecule has 0 aliphatic carbocycles. The molecule has 0 atom stereocenters. The molecular weight excluding hydrogens is 526 g/mol. The highest BCUT2D eigenvalue weighted by Gasteiger charge is 2.18. The number of pyridine rings is 3. The van der Waals surface area contributed by atoms with Crippen LogP contribution in [0.2, 0.25) is 0 Å². The first kappa shape index (κ1) is 21.2. The zero-order valence-corrected chi connectivity index (χ0v) is 21.2. The van der Waals surface area contributed by atoms with Crippen molar-refractivity contribution in [3.05, 3.63) is 87.3 Å². The van der Waals surface area contributed by atoms with E-state index in [0.29, 0.717) is 0 Å². The lowest BCUT2D eigenvalue weighted by molar-refractivity contribution is 0.590. The molecule has 0 radical (unpaired) electrons. The van der Waals surface area contributed by atoms with Crippen molar-refractivity contribution in [2.24, 2.45) is 0 Å². The molecule has 0 saturated carbocycles. The number of hydrogen-bond acceptors (Lipinski definition) is 3. The summed E-state index contributed by atoms with van der Waals surface area (Å²) in [7, 11) is 0. The van der Waals surface area contributed by atoms with Crippen LogP contribution < -0.4 is 0 Å². The van der Waals surface area contributed by atoms with Gasteiger partial charge in [-0.05, 0) is 71.6 Å². The number of nitrogens with zero attached hydrogens (tertiary/aromatic N) is 3. The zero-order valence-electron chi connectivity index (χ0n) is 18.0. The highest BCUT2D eigenvalue weighted by atomic mass is 79.9. The zero-order chi connectivity index (χ0) is 22.5. The van der Waals surface area contributed by atoms with Crippen molar-refractivity contribution in [1.29, 1.82) is 0 Å². The standard InChI is InChI=1S/C27H21Br2N3/c1-27(2,3)18-14-25(23-8-4-16-12-19(28)6-10-21(16)30-23)32-26(15-18)24-9-5-17-13-20(29)7-11-22(17)31-24/h4-15H,1-3H3. The number of fused-ring (bicyclic) bond motifs is 2. The van der Waals surface area contributed by atoms with Crippen LogP contribution >= 0.6 is 31.9 Å². The highest BCUT2D eigenvalue weighted by molar-refractivity contribution is 9.10. The molecule has 2 aromatic carbocycles. The van der Waals surface area contributed by atoms with E-state index in [1.807, 2.05) is 36.4 Å². The van der Waals surface area contributed by atoms with Crippen LogP contribution in [0.15, 0.2) is 81.7 Å². The summed E-state index contributed by atoms with van der Waals surface area (Å²) >= 11 is 7.07. The van der Waals surface area contributed by atoms with Crippen LogP contribution in [0.5, 0.6) is 0 Å². The minimum absolute atomic E-state index is 0.0319. The number of aromatic nitrogens is 3. The van der Waals surface area contributed by atoms with E-state index in [-0.39, 0.29) is 5.41 Å². The number of hydrogen-bond donors (Lipinski definition) is 0. The van der Waals surface area contributed by atoms with Crippen LogP contribution in [-0.4, -0.2) is 15.0 Å². The molecule has 0 bridgehead atoms. The molecule has 32 heavy (non-hydrogen) atoms. The molecule has 0 fully saturated rings. The van der Waals surface area contributed by atoms with Gasteiger partial charge in [0.15, 0.2) is 0 Å². The van der Waals surface area contributed by atoms with Crippen LogP contribution in [0.4, 0.5) is 0 Å². The van der Waals surface area contributed by atoms with Crippen LogP contribution in [0.3, 0.4) is 0 Å². The molecule has 0 aliphatic rings. The quantitative estimate of drug-likeness (QED) is 0.223. The fourth-order valence-corrected chi connectivity index (χ4v) is 4.46. The van der Waals surface area contributed by atoms with Gasteiger partial charge in [0.05, 0.1) is 33.8 Å². The first-order valence-corrected chi connectivity index (χ1v) is 12.0. The average Bonchev–Trinajstić information content (AvgIpc) is 2.77. The summed E-state index contributed by atoms with van der Waals surface area (Å²) in [4.78, 5) is 14.8. The molecule has 3 heterocycles. The maximum Gasteiger partial charge on any atom is 0.0897 e. The van der Waals surface area contributed by atoms with E-state index in [9.17, 15) is 0 Å². The Morgan fingerprint density at radius 3 is 1.44 bits per heavy atom. The molecule has 0 N–H and O–H groups in total. The second-order valence-corrected chi connectivity index (χ2v) is 10.8. The van der Waals surface area contributed by atoms with Gasteiger partial charge in [-0.1, -0.05) is 64.8 Å². The van der Waals surface area contributed by atoms with Gasteiger partial charge in [0.1, 0.15) is 0 Å². The van der Waals surface area contributed by atoms with E-state index in [0.717, 1.165) is 53.5 Å². The SMILES string of the molecule is CC(C)(C)c1cc(-c2ccc3cc(Br)ccc3n2)nc(-c2ccc3cc(Br)ccc3n2)c1. The number of benzene rings is 2. The first-order valence-electron chi connectivity index (χ1n) is 10.4. The normalized spacial score (nSPS) is 11.9. The van der Waals surface area contributed by atoms with Crippen molar-refractivity contribution in [3.8, 4) is 22.8 Å². The largest absolute Gasteiger partial charge is 0.246 e. The van der Waals surface area contributed by atoms with Crippen molar-refractivity contribution >= 4 is 53.7 Å². The lowest BCUT2D eigenvalue weighted by atomic mass is 9.86. The smallest absolute Gasteiger partial charge is 0.0897 e. The van der Waals surface area contributed by atoms with Crippen molar-refractivity contribution in [3.63, 3.8) is 0 Å². The summed E-state index contributed by atoms with van der Waals surface area (Å²) < 4.78 is 2.09. The predicted molar refractivity (Wildman–Crippen MR) is 140 cm³/mol. The van der Waals surface area contributed by atoms with E-state index in [2.05, 4.69) is 89.0 Å². The topological polar surface area (TPSA) is 38.7 Å². The molecule has 3 nitrogen and oxygen atoms in total. The Morgan fingerprint density at radius 1 is 0.531 bits per heavy atom. The monoisotopic (exact) mass is 545 g/mol. The summed E-state index contributed by atoms with van der Waals surface area (Å²) in [6.07, 6.45) is 0. The summed E-state index contributed by atoms with van der Waals surface area (Å²) in [5.41, 5.74) is 6.50. The summed E-state index contributed by atoms with van der Waals surface area (Å²) in [6, 6.07) is 24.8. The molecule has 5 aromatic rings. The third-order valence-electron chi connectivity index (χ3n) is 5.52. The van der Waals surface area contributed by atoms with Gasteiger partial charge in [0, 0.05) is 19.7 Å². The fourth-order valence-electron chi connectivity index (χ4n) is 3.70. The fraction of sp³-hybridized carbons (Fsp3) is 0.148. The van der Waals surface area contributed by atoms with Gasteiger partial charge < -0.3 is 0 Å². The van der Waals surface area contributed by atoms with Crippen LogP contribution in [0.25, 0.3) is 44.6 Å². The lowest BCUT2D eigenvalue weighted by Gasteiger charge is -2.21. The van der Waals surface area contributed by atoms with E-state index in [1.54, 1.807) is 0 Å². The molecule has 0 amide bonds. The Bertz CT molecular complexity index is 1380. The van der Waals surface area contributed by atoms with Gasteiger partial charge in [0.25, 0.3) is 0 Å². The average molecular weight is 547 g/mol. The second-order valence-electron chi connectivity index (χ2n) is 8.94. The Labute approximate surface area is 204 Å². The minimum Gasteiger partial charge on any atom is -0.246 e. The molecule has 0 unspecified atom stereocenters.